The standard InChI is InChI=1S/C65H46N2/c1-40-19-6-7-24-45(40)52-36-55-50-29-12-17-34-62(50)67(63(55)39-51(52)41(2)42-20-4-3-5-21-42)44-23-18-22-43(35-44)64-56-37-54-48-27-10-15-32-59(48)65(60(54)38-53(56)49-28-11-16-33-61(49)66-64)57-30-13-8-25-46(57)47-26-9-14-31-58(47)65/h3-41,45H,1-2H3. The van der Waals surface area contributed by atoms with Gasteiger partial charge in [-0.1, -0.05) is 190 Å². The first-order valence-electron chi connectivity index (χ1n) is 23.8. The molecule has 9 aromatic carbocycles. The van der Waals surface area contributed by atoms with Crippen LogP contribution in [0.2, 0.25) is 0 Å². The van der Waals surface area contributed by atoms with Gasteiger partial charge in [-0.25, -0.2) is 4.98 Å². The molecule has 3 atom stereocenters. The number of allylic oxidation sites excluding steroid dienone is 4. The Morgan fingerprint density at radius 3 is 1.87 bits per heavy atom. The summed E-state index contributed by atoms with van der Waals surface area (Å²) in [6.45, 7) is 4.72. The van der Waals surface area contributed by atoms with E-state index in [1.54, 1.807) is 0 Å². The molecular formula is C65H46N2. The summed E-state index contributed by atoms with van der Waals surface area (Å²) in [5, 5.41) is 6.10. The van der Waals surface area contributed by atoms with Crippen LogP contribution < -0.4 is 0 Å². The molecule has 67 heavy (non-hydrogen) atoms. The van der Waals surface area contributed by atoms with Crippen LogP contribution in [0.15, 0.2) is 224 Å². The predicted octanol–water partition coefficient (Wildman–Crippen LogP) is 16.5. The number of pyridine rings is 1. The molecular weight excluding hydrogens is 809 g/mol. The molecule has 11 aromatic rings. The maximum Gasteiger partial charge on any atom is 0.0789 e. The zero-order valence-electron chi connectivity index (χ0n) is 37.5. The lowest BCUT2D eigenvalue weighted by atomic mass is 9.70. The minimum absolute atomic E-state index is 0.204. The van der Waals surface area contributed by atoms with Gasteiger partial charge in [-0.3, -0.25) is 0 Å². The Labute approximate surface area is 390 Å². The van der Waals surface area contributed by atoms with Crippen LogP contribution in [0.5, 0.6) is 0 Å². The normalized spacial score (nSPS) is 16.7. The molecule has 2 aromatic heterocycles. The summed E-state index contributed by atoms with van der Waals surface area (Å²) in [7, 11) is 0. The van der Waals surface area contributed by atoms with E-state index < -0.39 is 5.41 Å². The van der Waals surface area contributed by atoms with Gasteiger partial charge in [0.2, 0.25) is 0 Å². The highest BCUT2D eigenvalue weighted by Gasteiger charge is 2.51. The van der Waals surface area contributed by atoms with Crippen molar-refractivity contribution >= 4 is 43.5 Å². The van der Waals surface area contributed by atoms with Gasteiger partial charge in [0.25, 0.3) is 0 Å². The number of hydrogen-bond acceptors (Lipinski definition) is 1. The van der Waals surface area contributed by atoms with Crippen LogP contribution >= 0.6 is 0 Å². The zero-order chi connectivity index (χ0) is 44.4. The van der Waals surface area contributed by atoms with E-state index in [0.717, 1.165) is 27.8 Å². The molecule has 0 aliphatic heterocycles. The highest BCUT2D eigenvalue weighted by molar-refractivity contribution is 6.14. The summed E-state index contributed by atoms with van der Waals surface area (Å²) in [5.41, 5.74) is 20.9. The van der Waals surface area contributed by atoms with Crippen molar-refractivity contribution in [1.82, 2.24) is 9.55 Å². The molecule has 3 unspecified atom stereocenters. The van der Waals surface area contributed by atoms with Crippen LogP contribution in [-0.4, -0.2) is 9.55 Å². The van der Waals surface area contributed by atoms with Crippen LogP contribution in [-0.2, 0) is 5.41 Å². The lowest BCUT2D eigenvalue weighted by Gasteiger charge is -2.30. The number of benzene rings is 9. The van der Waals surface area contributed by atoms with E-state index in [1.165, 1.54) is 93.8 Å². The van der Waals surface area contributed by atoms with Crippen LogP contribution in [0.1, 0.15) is 64.6 Å². The second kappa shape index (κ2) is 14.5. The predicted molar refractivity (Wildman–Crippen MR) is 279 cm³/mol. The summed E-state index contributed by atoms with van der Waals surface area (Å²) in [6, 6.07) is 75.0. The van der Waals surface area contributed by atoms with Gasteiger partial charge in [0.05, 0.1) is 27.7 Å². The van der Waals surface area contributed by atoms with Gasteiger partial charge in [0.1, 0.15) is 0 Å². The topological polar surface area (TPSA) is 17.8 Å². The van der Waals surface area contributed by atoms with E-state index in [4.69, 9.17) is 4.98 Å². The second-order valence-electron chi connectivity index (χ2n) is 19.0. The van der Waals surface area contributed by atoms with Gasteiger partial charge in [0, 0.05) is 44.6 Å². The van der Waals surface area contributed by atoms with Crippen LogP contribution in [0.25, 0.3) is 82.7 Å². The minimum atomic E-state index is -0.424. The molecule has 0 radical (unpaired) electrons. The molecule has 2 heteroatoms. The summed E-state index contributed by atoms with van der Waals surface area (Å²) >= 11 is 0. The summed E-state index contributed by atoms with van der Waals surface area (Å²) in [6.07, 6.45) is 9.17. The average Bonchev–Trinajstić information content (AvgIpc) is 3.99. The summed E-state index contributed by atoms with van der Waals surface area (Å²) < 4.78 is 2.50. The minimum Gasteiger partial charge on any atom is -0.309 e. The number of fused-ring (bicyclic) bond motifs is 16. The van der Waals surface area contributed by atoms with E-state index in [1.807, 2.05) is 0 Å². The van der Waals surface area contributed by atoms with Gasteiger partial charge < -0.3 is 4.57 Å². The van der Waals surface area contributed by atoms with Crippen molar-refractivity contribution in [3.63, 3.8) is 0 Å². The van der Waals surface area contributed by atoms with Crippen molar-refractivity contribution in [2.75, 3.05) is 0 Å². The van der Waals surface area contributed by atoms with Gasteiger partial charge in [-0.05, 0) is 121 Å². The van der Waals surface area contributed by atoms with Gasteiger partial charge >= 0.3 is 0 Å². The van der Waals surface area contributed by atoms with Crippen molar-refractivity contribution in [3.05, 3.63) is 263 Å². The number of para-hydroxylation sites is 2. The molecule has 14 rings (SSSR count). The molecule has 2 nitrogen and oxygen atoms in total. The number of hydrogen-bond donors (Lipinski definition) is 0. The first-order valence-corrected chi connectivity index (χ1v) is 23.8. The molecule has 0 fully saturated rings. The first kappa shape index (κ1) is 38.2. The number of aromatic nitrogens is 2. The van der Waals surface area contributed by atoms with E-state index in [2.05, 4.69) is 243 Å². The Kier molecular flexibility index (Phi) is 8.25. The molecule has 0 N–H and O–H groups in total. The fraction of sp³-hybridized carbons (Fsp3) is 0.0923. The maximum atomic E-state index is 5.58. The van der Waals surface area contributed by atoms with Crippen LogP contribution in [0.4, 0.5) is 0 Å². The third-order valence-electron chi connectivity index (χ3n) is 15.6. The lowest BCUT2D eigenvalue weighted by Crippen LogP contribution is -2.25. The van der Waals surface area contributed by atoms with Crippen molar-refractivity contribution in [3.8, 4) is 39.2 Å². The first-order chi connectivity index (χ1) is 33.1. The Bertz CT molecular complexity index is 3870. The third-order valence-corrected chi connectivity index (χ3v) is 15.6. The Balaban J connectivity index is 1.01. The van der Waals surface area contributed by atoms with Crippen molar-refractivity contribution in [1.29, 1.82) is 0 Å². The molecule has 3 aliphatic carbocycles. The third kappa shape index (κ3) is 5.36. The largest absolute Gasteiger partial charge is 0.309 e. The summed E-state index contributed by atoms with van der Waals surface area (Å²) in [4.78, 5) is 5.58. The highest BCUT2D eigenvalue weighted by Crippen LogP contribution is 2.63. The second-order valence-corrected chi connectivity index (χ2v) is 19.0. The van der Waals surface area contributed by atoms with Gasteiger partial charge in [0.15, 0.2) is 0 Å². The smallest absolute Gasteiger partial charge is 0.0789 e. The van der Waals surface area contributed by atoms with Crippen molar-refractivity contribution in [2.45, 2.75) is 31.1 Å². The Hall–Kier alpha value is -8.07. The Morgan fingerprint density at radius 2 is 1.12 bits per heavy atom. The van der Waals surface area contributed by atoms with Crippen LogP contribution in [0, 0.1) is 5.92 Å². The van der Waals surface area contributed by atoms with E-state index in [0.29, 0.717) is 5.92 Å². The monoisotopic (exact) mass is 854 g/mol. The van der Waals surface area contributed by atoms with Crippen LogP contribution in [0.3, 0.4) is 0 Å². The molecule has 316 valence electrons. The maximum absolute atomic E-state index is 5.58. The lowest BCUT2D eigenvalue weighted by molar-refractivity contribution is 0.627. The van der Waals surface area contributed by atoms with E-state index in [-0.39, 0.29) is 11.8 Å². The quantitative estimate of drug-likeness (QED) is 0.158. The van der Waals surface area contributed by atoms with Crippen molar-refractivity contribution in [2.24, 2.45) is 5.92 Å². The molecule has 3 aliphatic rings. The number of rotatable bonds is 5. The van der Waals surface area contributed by atoms with E-state index in [9.17, 15) is 0 Å². The Morgan fingerprint density at radius 1 is 0.478 bits per heavy atom. The zero-order valence-corrected chi connectivity index (χ0v) is 37.5. The molecule has 0 bridgehead atoms. The van der Waals surface area contributed by atoms with Gasteiger partial charge in [-0.2, -0.15) is 0 Å². The molecule has 0 amide bonds. The van der Waals surface area contributed by atoms with E-state index >= 15 is 0 Å². The average molecular weight is 855 g/mol. The van der Waals surface area contributed by atoms with Gasteiger partial charge in [-0.15, -0.1) is 0 Å². The highest BCUT2D eigenvalue weighted by atomic mass is 15.0. The molecule has 0 saturated carbocycles. The molecule has 0 saturated heterocycles. The summed E-state index contributed by atoms with van der Waals surface area (Å²) in [5.74, 6) is 0.883. The number of nitrogens with zero attached hydrogens (tertiary/aromatic N) is 2. The fourth-order valence-electron chi connectivity index (χ4n) is 12.6. The van der Waals surface area contributed by atoms with Crippen molar-refractivity contribution < 1.29 is 0 Å². The fourth-order valence-corrected chi connectivity index (χ4v) is 12.6. The SMILES string of the molecule is CC(c1ccccc1)c1cc2c(cc1C1C=CC=CC1C)c1ccccc1n2-c1cccc(-c2nc3ccccc3c3cc4c(cc23)-c2ccccc2C42c3ccccc3-c3ccccc32)c1. The molecule has 2 heterocycles. The molecule has 1 spiro atoms.